The standard InChI is InChI=1S/C7H14N2O/c1-3-5-6(4-2)9-7(8)10/h3,5-6H,4H2,1-2H3,(H3,8,9,10)/b5-3-. The second kappa shape index (κ2) is 4.85. The topological polar surface area (TPSA) is 55.1 Å². The van der Waals surface area contributed by atoms with Gasteiger partial charge in [0, 0.05) is 6.04 Å². The minimum atomic E-state index is -0.468. The van der Waals surface area contributed by atoms with E-state index in [1.54, 1.807) is 0 Å². The summed E-state index contributed by atoms with van der Waals surface area (Å²) in [7, 11) is 0. The van der Waals surface area contributed by atoms with Crippen molar-refractivity contribution in [2.75, 3.05) is 0 Å². The van der Waals surface area contributed by atoms with Crippen molar-refractivity contribution >= 4 is 6.03 Å². The van der Waals surface area contributed by atoms with E-state index in [-0.39, 0.29) is 6.04 Å². The largest absolute Gasteiger partial charge is 0.352 e. The van der Waals surface area contributed by atoms with E-state index >= 15 is 0 Å². The number of hydrogen-bond acceptors (Lipinski definition) is 1. The Kier molecular flexibility index (Phi) is 4.37. The molecule has 10 heavy (non-hydrogen) atoms. The van der Waals surface area contributed by atoms with Gasteiger partial charge in [0.25, 0.3) is 0 Å². The molecule has 3 nitrogen and oxygen atoms in total. The molecule has 1 unspecified atom stereocenters. The summed E-state index contributed by atoms with van der Waals surface area (Å²) in [6.07, 6.45) is 4.67. The normalized spacial score (nSPS) is 13.4. The van der Waals surface area contributed by atoms with E-state index in [9.17, 15) is 4.79 Å². The van der Waals surface area contributed by atoms with E-state index in [2.05, 4.69) is 5.32 Å². The van der Waals surface area contributed by atoms with Gasteiger partial charge >= 0.3 is 6.03 Å². The molecule has 2 amide bonds. The van der Waals surface area contributed by atoms with E-state index in [4.69, 9.17) is 5.73 Å². The van der Waals surface area contributed by atoms with Crippen LogP contribution in [-0.4, -0.2) is 12.1 Å². The SMILES string of the molecule is C/C=C\C(CC)NC(N)=O. The Morgan fingerprint density at radius 1 is 1.80 bits per heavy atom. The third-order valence-electron chi connectivity index (χ3n) is 1.19. The van der Waals surface area contributed by atoms with Gasteiger partial charge in [-0.3, -0.25) is 0 Å². The van der Waals surface area contributed by atoms with Gasteiger partial charge in [0.2, 0.25) is 0 Å². The molecule has 0 heterocycles. The minimum Gasteiger partial charge on any atom is -0.352 e. The molecule has 0 aromatic heterocycles. The Morgan fingerprint density at radius 2 is 2.40 bits per heavy atom. The van der Waals surface area contributed by atoms with Gasteiger partial charge in [-0.1, -0.05) is 19.1 Å². The van der Waals surface area contributed by atoms with Crippen LogP contribution in [0.15, 0.2) is 12.2 Å². The summed E-state index contributed by atoms with van der Waals surface area (Å²) in [4.78, 5) is 10.3. The Morgan fingerprint density at radius 3 is 2.70 bits per heavy atom. The van der Waals surface area contributed by atoms with Crippen LogP contribution in [0, 0.1) is 0 Å². The quantitative estimate of drug-likeness (QED) is 0.568. The highest BCUT2D eigenvalue weighted by molar-refractivity contribution is 5.72. The molecule has 0 bridgehead atoms. The van der Waals surface area contributed by atoms with Crippen LogP contribution in [-0.2, 0) is 0 Å². The van der Waals surface area contributed by atoms with Crippen molar-refractivity contribution in [3.05, 3.63) is 12.2 Å². The molecule has 0 radical (unpaired) electrons. The van der Waals surface area contributed by atoms with Crippen molar-refractivity contribution in [2.24, 2.45) is 5.73 Å². The van der Waals surface area contributed by atoms with Gasteiger partial charge in [0.15, 0.2) is 0 Å². The maximum Gasteiger partial charge on any atom is 0.312 e. The zero-order valence-corrected chi connectivity index (χ0v) is 6.42. The molecule has 0 aromatic rings. The van der Waals surface area contributed by atoms with Gasteiger partial charge < -0.3 is 11.1 Å². The first-order valence-electron chi connectivity index (χ1n) is 3.39. The van der Waals surface area contributed by atoms with Crippen molar-refractivity contribution in [1.82, 2.24) is 5.32 Å². The number of nitrogens with two attached hydrogens (primary N) is 1. The summed E-state index contributed by atoms with van der Waals surface area (Å²) in [5, 5.41) is 2.58. The minimum absolute atomic E-state index is 0.0856. The molecular weight excluding hydrogens is 128 g/mol. The van der Waals surface area contributed by atoms with E-state index in [0.29, 0.717) is 0 Å². The first-order valence-corrected chi connectivity index (χ1v) is 3.39. The van der Waals surface area contributed by atoms with E-state index in [1.807, 2.05) is 26.0 Å². The highest BCUT2D eigenvalue weighted by Gasteiger charge is 2.00. The van der Waals surface area contributed by atoms with Crippen LogP contribution >= 0.6 is 0 Å². The van der Waals surface area contributed by atoms with Gasteiger partial charge in [-0.15, -0.1) is 0 Å². The predicted octanol–water partition coefficient (Wildman–Crippen LogP) is 1.01. The fourth-order valence-corrected chi connectivity index (χ4v) is 0.701. The molecule has 0 aromatic carbocycles. The highest BCUT2D eigenvalue weighted by atomic mass is 16.2. The Balaban J connectivity index is 3.71. The van der Waals surface area contributed by atoms with Gasteiger partial charge in [0.05, 0.1) is 0 Å². The second-order valence-corrected chi connectivity index (χ2v) is 2.05. The summed E-state index contributed by atoms with van der Waals surface area (Å²) in [5.74, 6) is 0. The third kappa shape index (κ3) is 3.95. The molecule has 0 aliphatic rings. The van der Waals surface area contributed by atoms with Crippen molar-refractivity contribution in [1.29, 1.82) is 0 Å². The van der Waals surface area contributed by atoms with Gasteiger partial charge in [-0.25, -0.2) is 4.79 Å². The number of primary amides is 1. The van der Waals surface area contributed by atoms with Crippen LogP contribution in [0.5, 0.6) is 0 Å². The van der Waals surface area contributed by atoms with E-state index in [1.165, 1.54) is 0 Å². The van der Waals surface area contributed by atoms with Crippen LogP contribution in [0.1, 0.15) is 20.3 Å². The molecular formula is C7H14N2O. The Bertz CT molecular complexity index is 132. The third-order valence-corrected chi connectivity index (χ3v) is 1.19. The smallest absolute Gasteiger partial charge is 0.312 e. The molecule has 0 fully saturated rings. The predicted molar refractivity (Wildman–Crippen MR) is 41.6 cm³/mol. The monoisotopic (exact) mass is 142 g/mol. The molecule has 0 spiro atoms. The van der Waals surface area contributed by atoms with E-state index in [0.717, 1.165) is 6.42 Å². The lowest BCUT2D eigenvalue weighted by atomic mass is 10.2. The number of hydrogen-bond donors (Lipinski definition) is 2. The zero-order valence-electron chi connectivity index (χ0n) is 6.42. The van der Waals surface area contributed by atoms with Crippen molar-refractivity contribution in [2.45, 2.75) is 26.3 Å². The lowest BCUT2D eigenvalue weighted by molar-refractivity contribution is 0.247. The lowest BCUT2D eigenvalue weighted by Gasteiger charge is -2.09. The van der Waals surface area contributed by atoms with Crippen LogP contribution in [0.2, 0.25) is 0 Å². The fraction of sp³-hybridized carbons (Fsp3) is 0.571. The number of amides is 2. The lowest BCUT2D eigenvalue weighted by Crippen LogP contribution is -2.36. The molecule has 3 N–H and O–H groups in total. The van der Waals surface area contributed by atoms with Gasteiger partial charge in [-0.2, -0.15) is 0 Å². The highest BCUT2D eigenvalue weighted by Crippen LogP contribution is 1.91. The summed E-state index contributed by atoms with van der Waals surface area (Å²) < 4.78 is 0. The number of allylic oxidation sites excluding steroid dienone is 1. The van der Waals surface area contributed by atoms with Crippen molar-refractivity contribution in [3.8, 4) is 0 Å². The molecule has 1 atom stereocenters. The molecule has 0 saturated heterocycles. The molecule has 0 aliphatic heterocycles. The zero-order chi connectivity index (χ0) is 7.98. The molecule has 3 heteroatoms. The first kappa shape index (κ1) is 9.01. The second-order valence-electron chi connectivity index (χ2n) is 2.05. The average molecular weight is 142 g/mol. The van der Waals surface area contributed by atoms with Crippen LogP contribution in [0.3, 0.4) is 0 Å². The molecule has 58 valence electrons. The van der Waals surface area contributed by atoms with Crippen LogP contribution in [0.4, 0.5) is 4.79 Å². The maximum absolute atomic E-state index is 10.3. The number of carbonyl (C=O) groups excluding carboxylic acids is 1. The van der Waals surface area contributed by atoms with Crippen molar-refractivity contribution in [3.63, 3.8) is 0 Å². The number of nitrogens with one attached hydrogen (secondary N) is 1. The first-order chi connectivity index (χ1) is 4.70. The Labute approximate surface area is 61.3 Å². The van der Waals surface area contributed by atoms with E-state index < -0.39 is 6.03 Å². The molecule has 0 rings (SSSR count). The number of carbonyl (C=O) groups is 1. The summed E-state index contributed by atoms with van der Waals surface area (Å²) in [6.45, 7) is 3.89. The van der Waals surface area contributed by atoms with Gasteiger partial charge in [-0.05, 0) is 13.3 Å². The van der Waals surface area contributed by atoms with Crippen molar-refractivity contribution < 1.29 is 4.79 Å². The van der Waals surface area contributed by atoms with Gasteiger partial charge in [0.1, 0.15) is 0 Å². The summed E-state index contributed by atoms with van der Waals surface area (Å²) in [6, 6.07) is -0.382. The summed E-state index contributed by atoms with van der Waals surface area (Å²) >= 11 is 0. The Hall–Kier alpha value is -0.990. The average Bonchev–Trinajstić information content (AvgIpc) is 1.86. The van der Waals surface area contributed by atoms with Crippen LogP contribution in [0.25, 0.3) is 0 Å². The summed E-state index contributed by atoms with van der Waals surface area (Å²) in [5.41, 5.74) is 4.92. The number of rotatable bonds is 3. The maximum atomic E-state index is 10.3. The number of urea groups is 1. The molecule has 0 aliphatic carbocycles. The fourth-order valence-electron chi connectivity index (χ4n) is 0.701. The molecule has 0 saturated carbocycles. The van der Waals surface area contributed by atoms with Crippen LogP contribution < -0.4 is 11.1 Å².